The lowest BCUT2D eigenvalue weighted by atomic mass is 9.73. The Morgan fingerprint density at radius 1 is 1.26 bits per heavy atom. The molecule has 1 aromatic heterocycles. The van der Waals surface area contributed by atoms with Gasteiger partial charge in [-0.05, 0) is 38.7 Å². The highest BCUT2D eigenvalue weighted by atomic mass is 35.5. The number of fused-ring (bicyclic) bond motifs is 1. The number of hydrogen-bond donors (Lipinski definition) is 2. The summed E-state index contributed by atoms with van der Waals surface area (Å²) >= 11 is 8.11. The number of ether oxygens (including phenoxy) is 2. The second-order valence-corrected chi connectivity index (χ2v) is 12.4. The number of aryl methyl sites for hydroxylation is 1. The maximum Gasteiger partial charge on any atom is 0.309 e. The van der Waals surface area contributed by atoms with Crippen molar-refractivity contribution in [3.8, 4) is 0 Å². The molecule has 2 fully saturated rings. The van der Waals surface area contributed by atoms with Crippen molar-refractivity contribution >= 4 is 40.8 Å². The first-order chi connectivity index (χ1) is 16.2. The van der Waals surface area contributed by atoms with Crippen LogP contribution in [0.25, 0.3) is 6.08 Å². The lowest BCUT2D eigenvalue weighted by Crippen LogP contribution is -2.45. The van der Waals surface area contributed by atoms with Crippen LogP contribution in [-0.2, 0) is 19.1 Å². The Morgan fingerprint density at radius 3 is 2.57 bits per heavy atom. The molecule has 7 unspecified atom stereocenters. The summed E-state index contributed by atoms with van der Waals surface area (Å²) in [6, 6.07) is 0. The average Bonchev–Trinajstić information content (AvgIpc) is 3.22. The lowest BCUT2D eigenvalue weighted by molar-refractivity contribution is -0.154. The van der Waals surface area contributed by atoms with E-state index in [1.165, 1.54) is 11.3 Å². The predicted molar refractivity (Wildman–Crippen MR) is 136 cm³/mol. The smallest absolute Gasteiger partial charge is 0.309 e. The minimum Gasteiger partial charge on any atom is -0.456 e. The molecule has 0 aliphatic carbocycles. The van der Waals surface area contributed by atoms with Gasteiger partial charge in [0.25, 0.3) is 0 Å². The van der Waals surface area contributed by atoms with Crippen LogP contribution in [0.2, 0.25) is 0 Å². The number of thiazole rings is 1. The van der Waals surface area contributed by atoms with E-state index < -0.39 is 35.6 Å². The number of hydrogen-bond acceptors (Lipinski definition) is 8. The molecule has 2 N–H and O–H groups in total. The van der Waals surface area contributed by atoms with Gasteiger partial charge < -0.3 is 19.7 Å². The van der Waals surface area contributed by atoms with Crippen LogP contribution in [0.1, 0.15) is 77.4 Å². The zero-order chi connectivity index (χ0) is 26.1. The normalized spacial score (nSPS) is 37.5. The van der Waals surface area contributed by atoms with E-state index in [0.717, 1.165) is 24.3 Å². The molecule has 3 heterocycles. The molecular formula is C26H38ClNO6S. The third kappa shape index (κ3) is 6.72. The van der Waals surface area contributed by atoms with Gasteiger partial charge in [0.05, 0.1) is 51.5 Å². The second kappa shape index (κ2) is 11.0. The van der Waals surface area contributed by atoms with Gasteiger partial charge in [0.1, 0.15) is 11.9 Å². The molecular weight excluding hydrogens is 490 g/mol. The highest BCUT2D eigenvalue weighted by Gasteiger charge is 2.53. The highest BCUT2D eigenvalue weighted by molar-refractivity contribution is 7.09. The monoisotopic (exact) mass is 527 g/mol. The van der Waals surface area contributed by atoms with Gasteiger partial charge in [-0.15, -0.1) is 11.3 Å². The van der Waals surface area contributed by atoms with Crippen LogP contribution >= 0.6 is 22.9 Å². The number of rotatable bonds is 2. The molecule has 196 valence electrons. The Bertz CT molecular complexity index is 961. The fourth-order valence-corrected chi connectivity index (χ4v) is 5.68. The summed E-state index contributed by atoms with van der Waals surface area (Å²) in [7, 11) is 0. The van der Waals surface area contributed by atoms with Crippen LogP contribution in [0, 0.1) is 24.2 Å². The van der Waals surface area contributed by atoms with E-state index in [1.807, 2.05) is 26.2 Å². The summed E-state index contributed by atoms with van der Waals surface area (Å²) in [5.41, 5.74) is -0.904. The van der Waals surface area contributed by atoms with Crippen LogP contribution in [0.4, 0.5) is 0 Å². The molecule has 9 heteroatoms. The first-order valence-electron chi connectivity index (χ1n) is 12.3. The molecule has 7 atom stereocenters. The maximum atomic E-state index is 13.2. The molecule has 3 rings (SSSR count). The Hall–Kier alpha value is -1.32. The van der Waals surface area contributed by atoms with E-state index in [2.05, 4.69) is 4.98 Å². The van der Waals surface area contributed by atoms with E-state index >= 15 is 0 Å². The van der Waals surface area contributed by atoms with Gasteiger partial charge in [0.2, 0.25) is 0 Å². The summed E-state index contributed by atoms with van der Waals surface area (Å²) in [6.07, 6.45) is 1.08. The molecule has 0 spiro atoms. The predicted octanol–water partition coefficient (Wildman–Crippen LogP) is 4.65. The van der Waals surface area contributed by atoms with Gasteiger partial charge in [-0.3, -0.25) is 9.59 Å². The van der Waals surface area contributed by atoms with Crippen molar-refractivity contribution < 1.29 is 29.3 Å². The molecule has 0 radical (unpaired) electrons. The molecule has 0 aromatic carbocycles. The number of aromatic nitrogens is 1. The van der Waals surface area contributed by atoms with E-state index in [-0.39, 0.29) is 29.8 Å². The number of nitrogens with zero attached hydrogens (tertiary/aromatic N) is 1. The van der Waals surface area contributed by atoms with Crippen LogP contribution in [-0.4, -0.2) is 57.0 Å². The van der Waals surface area contributed by atoms with E-state index in [0.29, 0.717) is 17.1 Å². The van der Waals surface area contributed by atoms with Gasteiger partial charge in [-0.1, -0.05) is 45.7 Å². The lowest BCUT2D eigenvalue weighted by Gasteiger charge is -2.34. The van der Waals surface area contributed by atoms with Crippen LogP contribution in [0.5, 0.6) is 0 Å². The molecule has 1 aromatic rings. The number of aliphatic hydroxyl groups excluding tert-OH is 2. The van der Waals surface area contributed by atoms with E-state index in [1.54, 1.807) is 26.8 Å². The number of carbonyl (C=O) groups excluding carboxylic acids is 2. The number of halogens is 1. The number of carbonyl (C=O) groups is 2. The fraction of sp³-hybridized carbons (Fsp3) is 0.731. The standard InChI is InChI=1S/C26H38ClNO6S/c1-14-8-7-9-26(6)21(34-26)11-19(18(27)10-17-13-35-16(3)28-17)33-22(30)12-20(29)25(4,5)24(32)15(2)23(14)31/h10,13-15,19-21,23,29,31H,7-9,11-12H2,1-6H3/b18-10-. The minimum atomic E-state index is -1.27. The topological polar surface area (TPSA) is 109 Å². The molecule has 2 saturated heterocycles. The molecule has 0 bridgehead atoms. The molecule has 35 heavy (non-hydrogen) atoms. The molecule has 0 saturated carbocycles. The second-order valence-electron chi connectivity index (χ2n) is 10.9. The van der Waals surface area contributed by atoms with Crippen molar-refractivity contribution in [1.82, 2.24) is 4.98 Å². The minimum absolute atomic E-state index is 0.0905. The summed E-state index contributed by atoms with van der Waals surface area (Å²) < 4.78 is 11.7. The molecule has 2 aliphatic heterocycles. The van der Waals surface area contributed by atoms with Crippen LogP contribution in [0.3, 0.4) is 0 Å². The summed E-state index contributed by atoms with van der Waals surface area (Å²) in [6.45, 7) is 10.7. The summed E-state index contributed by atoms with van der Waals surface area (Å²) in [4.78, 5) is 30.5. The molecule has 7 nitrogen and oxygen atoms in total. The van der Waals surface area contributed by atoms with Crippen molar-refractivity contribution in [1.29, 1.82) is 0 Å². The van der Waals surface area contributed by atoms with Gasteiger partial charge in [-0.2, -0.15) is 0 Å². The van der Waals surface area contributed by atoms with Gasteiger partial charge in [0, 0.05) is 17.7 Å². The quantitative estimate of drug-likeness (QED) is 0.425. The Labute approximate surface area is 216 Å². The molecule has 0 amide bonds. The first kappa shape index (κ1) is 28.3. The molecule has 2 aliphatic rings. The van der Waals surface area contributed by atoms with Crippen LogP contribution in [0.15, 0.2) is 10.4 Å². The zero-order valence-electron chi connectivity index (χ0n) is 21.4. The third-order valence-electron chi connectivity index (χ3n) is 7.64. The van der Waals surface area contributed by atoms with Crippen molar-refractivity contribution in [3.63, 3.8) is 0 Å². The van der Waals surface area contributed by atoms with Crippen molar-refractivity contribution in [3.05, 3.63) is 21.1 Å². The van der Waals surface area contributed by atoms with Crippen molar-refractivity contribution in [2.75, 3.05) is 0 Å². The van der Waals surface area contributed by atoms with E-state index in [9.17, 15) is 19.8 Å². The fourth-order valence-electron chi connectivity index (χ4n) is 4.86. The van der Waals surface area contributed by atoms with E-state index in [4.69, 9.17) is 21.1 Å². The largest absolute Gasteiger partial charge is 0.456 e. The Kier molecular flexibility index (Phi) is 8.86. The number of epoxide rings is 1. The average molecular weight is 528 g/mol. The Morgan fingerprint density at radius 2 is 1.94 bits per heavy atom. The first-order valence-corrected chi connectivity index (χ1v) is 13.6. The number of aliphatic hydroxyl groups is 2. The third-order valence-corrected chi connectivity index (χ3v) is 8.78. The van der Waals surface area contributed by atoms with Gasteiger partial charge in [0.15, 0.2) is 0 Å². The van der Waals surface area contributed by atoms with Crippen LogP contribution < -0.4 is 0 Å². The SMILES string of the molecule is Cc1nc(/C=C(\Cl)C2CC3OC3(C)CCCC(C)C(O)C(C)C(=O)C(C)(C)C(O)CC(=O)O2)cs1. The maximum absolute atomic E-state index is 13.2. The zero-order valence-corrected chi connectivity index (χ0v) is 23.0. The number of ketones is 1. The number of esters is 1. The highest BCUT2D eigenvalue weighted by Crippen LogP contribution is 2.45. The van der Waals surface area contributed by atoms with Gasteiger partial charge in [-0.25, -0.2) is 4.98 Å². The van der Waals surface area contributed by atoms with Crippen molar-refractivity contribution in [2.24, 2.45) is 17.3 Å². The van der Waals surface area contributed by atoms with Crippen molar-refractivity contribution in [2.45, 2.75) is 104 Å². The number of cyclic esters (lactones) is 1. The number of Topliss-reactive ketones (excluding diaryl/α,β-unsaturated/α-hetero) is 1. The Balaban J connectivity index is 1.85. The summed E-state index contributed by atoms with van der Waals surface area (Å²) in [5.74, 6) is -1.70. The van der Waals surface area contributed by atoms with Gasteiger partial charge >= 0.3 is 5.97 Å². The summed E-state index contributed by atoms with van der Waals surface area (Å²) in [5, 5.41) is 24.8.